The summed E-state index contributed by atoms with van der Waals surface area (Å²) in [5, 5.41) is 5.93. The second-order valence-electron chi connectivity index (χ2n) is 4.11. The van der Waals surface area contributed by atoms with Gasteiger partial charge in [0, 0.05) is 30.0 Å². The maximum absolute atomic E-state index is 11.5. The van der Waals surface area contributed by atoms with Gasteiger partial charge in [0.2, 0.25) is 10.0 Å². The Labute approximate surface area is 115 Å². The molecule has 0 atom stereocenters. The van der Waals surface area contributed by atoms with Gasteiger partial charge in [-0.3, -0.25) is 0 Å². The topological polar surface area (TPSA) is 104 Å². The van der Waals surface area contributed by atoms with Gasteiger partial charge in [-0.2, -0.15) is 0 Å². The Morgan fingerprint density at radius 1 is 1.37 bits per heavy atom. The molecule has 0 aliphatic rings. The van der Waals surface area contributed by atoms with E-state index >= 15 is 0 Å². The number of anilines is 1. The zero-order chi connectivity index (χ0) is 14.2. The molecule has 1 heterocycles. The smallest absolute Gasteiger partial charge is 0.238 e. The van der Waals surface area contributed by atoms with Crippen molar-refractivity contribution in [3.8, 4) is 0 Å². The summed E-state index contributed by atoms with van der Waals surface area (Å²) in [4.78, 5) is 4.94. The normalized spacial score (nSPS) is 11.7. The molecule has 0 bridgehead atoms. The van der Waals surface area contributed by atoms with Gasteiger partial charge in [-0.25, -0.2) is 18.5 Å². The number of primary sulfonamides is 1. The molecule has 6 nitrogen and oxygen atoms in total. The van der Waals surface area contributed by atoms with E-state index in [9.17, 15) is 8.42 Å². The first-order valence-electron chi connectivity index (χ1n) is 5.37. The Hall–Kier alpha value is -1.51. The number of hydrogen-bond donors (Lipinski definition) is 2. The van der Waals surface area contributed by atoms with Crippen LogP contribution in [0.2, 0.25) is 0 Å². The van der Waals surface area contributed by atoms with Crippen LogP contribution < -0.4 is 10.9 Å². The third-order valence-electron chi connectivity index (χ3n) is 2.62. The summed E-state index contributed by atoms with van der Waals surface area (Å²) in [6, 6.07) is 3.08. The highest BCUT2D eigenvalue weighted by Gasteiger charge is 2.17. The van der Waals surface area contributed by atoms with Crippen LogP contribution in [0.1, 0.15) is 5.56 Å². The van der Waals surface area contributed by atoms with Crippen LogP contribution in [0.3, 0.4) is 0 Å². The minimum atomic E-state index is -3.79. The number of aryl methyl sites for hydroxylation is 1. The van der Waals surface area contributed by atoms with Gasteiger partial charge in [0.1, 0.15) is 0 Å². The van der Waals surface area contributed by atoms with Crippen LogP contribution in [0.15, 0.2) is 39.5 Å². The Bertz CT molecular complexity index is 722. The fourth-order valence-electron chi connectivity index (χ4n) is 1.63. The molecular weight excluding hydrogens is 284 g/mol. The van der Waals surface area contributed by atoms with Crippen LogP contribution in [0.5, 0.6) is 0 Å². The second kappa shape index (κ2) is 4.87. The van der Waals surface area contributed by atoms with Crippen molar-refractivity contribution in [1.82, 2.24) is 9.55 Å². The Balaban J connectivity index is 2.53. The van der Waals surface area contributed by atoms with Gasteiger partial charge in [-0.05, 0) is 24.6 Å². The van der Waals surface area contributed by atoms with Gasteiger partial charge >= 0.3 is 0 Å². The number of rotatable bonds is 3. The van der Waals surface area contributed by atoms with Crippen LogP contribution in [-0.2, 0) is 17.1 Å². The lowest BCUT2D eigenvalue weighted by molar-refractivity contribution is 0.597. The maximum Gasteiger partial charge on any atom is 0.238 e. The molecular formula is C11H14N4O2S2. The first-order chi connectivity index (χ1) is 8.79. The summed E-state index contributed by atoms with van der Waals surface area (Å²) in [6.07, 6.45) is 3.48. The van der Waals surface area contributed by atoms with Gasteiger partial charge in [0.15, 0.2) is 5.16 Å². The van der Waals surface area contributed by atoms with Crippen LogP contribution in [-0.4, -0.2) is 18.0 Å². The summed E-state index contributed by atoms with van der Waals surface area (Å²) in [5.74, 6) is 0. The molecule has 19 heavy (non-hydrogen) atoms. The van der Waals surface area contributed by atoms with Crippen molar-refractivity contribution in [3.63, 3.8) is 0 Å². The predicted octanol–water partition coefficient (Wildman–Crippen LogP) is 1.11. The maximum atomic E-state index is 11.5. The average Bonchev–Trinajstić information content (AvgIpc) is 2.68. The minimum Gasteiger partial charge on any atom is -0.399 e. The van der Waals surface area contributed by atoms with Crippen LogP contribution in [0, 0.1) is 6.92 Å². The molecule has 1 aromatic heterocycles. The van der Waals surface area contributed by atoms with E-state index in [2.05, 4.69) is 4.98 Å². The third kappa shape index (κ3) is 2.91. The molecule has 0 aliphatic carbocycles. The Morgan fingerprint density at radius 3 is 2.58 bits per heavy atom. The zero-order valence-electron chi connectivity index (χ0n) is 10.5. The number of sulfonamides is 1. The number of nitrogens with zero attached hydrogens (tertiary/aromatic N) is 2. The summed E-state index contributed by atoms with van der Waals surface area (Å²) < 4.78 is 24.9. The van der Waals surface area contributed by atoms with E-state index in [0.717, 1.165) is 10.1 Å². The van der Waals surface area contributed by atoms with Crippen molar-refractivity contribution in [1.29, 1.82) is 0 Å². The molecule has 2 rings (SSSR count). The van der Waals surface area contributed by atoms with E-state index in [1.54, 1.807) is 19.2 Å². The van der Waals surface area contributed by atoms with Crippen molar-refractivity contribution in [2.24, 2.45) is 12.2 Å². The van der Waals surface area contributed by atoms with Crippen molar-refractivity contribution in [2.75, 3.05) is 5.73 Å². The number of nitrogen functional groups attached to an aromatic ring is 1. The number of aromatic nitrogens is 2. The highest BCUT2D eigenvalue weighted by Crippen LogP contribution is 2.33. The van der Waals surface area contributed by atoms with E-state index in [1.165, 1.54) is 17.8 Å². The molecule has 0 saturated heterocycles. The molecule has 1 aromatic carbocycles. The fourth-order valence-corrected chi connectivity index (χ4v) is 3.51. The van der Waals surface area contributed by atoms with Crippen LogP contribution in [0.4, 0.5) is 5.69 Å². The standard InChI is InChI=1S/C11H14N4O2S2/c1-7-9(18-11-14-3-4-15(11)2)5-8(12)6-10(7)19(13,16)17/h3-6H,12H2,1-2H3,(H2,13,16,17). The summed E-state index contributed by atoms with van der Waals surface area (Å²) in [5.41, 5.74) is 6.66. The Morgan fingerprint density at radius 2 is 2.05 bits per heavy atom. The van der Waals surface area contributed by atoms with Crippen molar-refractivity contribution in [2.45, 2.75) is 21.9 Å². The molecule has 0 spiro atoms. The van der Waals surface area contributed by atoms with Crippen molar-refractivity contribution < 1.29 is 8.42 Å². The summed E-state index contributed by atoms with van der Waals surface area (Å²) in [7, 11) is -1.93. The number of benzene rings is 1. The van der Waals surface area contributed by atoms with Gasteiger partial charge < -0.3 is 10.3 Å². The molecule has 4 N–H and O–H groups in total. The van der Waals surface area contributed by atoms with E-state index in [1.807, 2.05) is 17.8 Å². The van der Waals surface area contributed by atoms with Gasteiger partial charge in [0.05, 0.1) is 4.90 Å². The van der Waals surface area contributed by atoms with Crippen molar-refractivity contribution >= 4 is 27.5 Å². The van der Waals surface area contributed by atoms with E-state index in [4.69, 9.17) is 10.9 Å². The van der Waals surface area contributed by atoms with E-state index in [-0.39, 0.29) is 4.90 Å². The average molecular weight is 298 g/mol. The number of imidazole rings is 1. The van der Waals surface area contributed by atoms with E-state index in [0.29, 0.717) is 11.3 Å². The second-order valence-corrected chi connectivity index (χ2v) is 6.65. The fraction of sp³-hybridized carbons (Fsp3) is 0.182. The summed E-state index contributed by atoms with van der Waals surface area (Å²) in [6.45, 7) is 1.70. The molecule has 102 valence electrons. The molecule has 0 amide bonds. The lowest BCUT2D eigenvalue weighted by Gasteiger charge is -2.11. The predicted molar refractivity (Wildman–Crippen MR) is 74.3 cm³/mol. The molecule has 0 fully saturated rings. The first-order valence-corrected chi connectivity index (χ1v) is 7.73. The minimum absolute atomic E-state index is 0.0456. The van der Waals surface area contributed by atoms with Crippen LogP contribution >= 0.6 is 11.8 Å². The monoisotopic (exact) mass is 298 g/mol. The van der Waals surface area contributed by atoms with Gasteiger partial charge in [0.25, 0.3) is 0 Å². The SMILES string of the molecule is Cc1c(Sc2nccn2C)cc(N)cc1S(N)(=O)=O. The first kappa shape index (κ1) is 13.9. The van der Waals surface area contributed by atoms with Gasteiger partial charge in [-0.1, -0.05) is 11.8 Å². The number of hydrogen-bond acceptors (Lipinski definition) is 5. The zero-order valence-corrected chi connectivity index (χ0v) is 12.1. The van der Waals surface area contributed by atoms with Gasteiger partial charge in [-0.15, -0.1) is 0 Å². The Kier molecular flexibility index (Phi) is 3.57. The van der Waals surface area contributed by atoms with Crippen molar-refractivity contribution in [3.05, 3.63) is 30.1 Å². The molecule has 0 unspecified atom stereocenters. The molecule has 0 radical (unpaired) electrons. The van der Waals surface area contributed by atoms with Crippen LogP contribution in [0.25, 0.3) is 0 Å². The lowest BCUT2D eigenvalue weighted by atomic mass is 10.2. The quantitative estimate of drug-likeness (QED) is 0.826. The molecule has 8 heteroatoms. The molecule has 0 aliphatic heterocycles. The molecule has 0 saturated carbocycles. The molecule has 2 aromatic rings. The summed E-state index contributed by atoms with van der Waals surface area (Å²) >= 11 is 1.34. The lowest BCUT2D eigenvalue weighted by Crippen LogP contribution is -2.14. The third-order valence-corrected chi connectivity index (χ3v) is 4.88. The largest absolute Gasteiger partial charge is 0.399 e. The highest BCUT2D eigenvalue weighted by molar-refractivity contribution is 7.99. The van der Waals surface area contributed by atoms with E-state index < -0.39 is 10.0 Å². The number of nitrogens with two attached hydrogens (primary N) is 2. The highest BCUT2D eigenvalue weighted by atomic mass is 32.2.